The molecule has 3 aliphatic rings. The molecule has 0 saturated carbocycles. The van der Waals surface area contributed by atoms with Gasteiger partial charge in [0.05, 0.1) is 11.1 Å². The van der Waals surface area contributed by atoms with Gasteiger partial charge in [-0.15, -0.1) is 0 Å². The van der Waals surface area contributed by atoms with E-state index < -0.39 is 0 Å². The van der Waals surface area contributed by atoms with Crippen LogP contribution in [0.25, 0.3) is 21.5 Å². The van der Waals surface area contributed by atoms with Crippen LogP contribution >= 0.6 is 0 Å². The third-order valence-electron chi connectivity index (χ3n) is 11.1. The van der Waals surface area contributed by atoms with E-state index in [9.17, 15) is 10.2 Å². The van der Waals surface area contributed by atoms with Gasteiger partial charge in [-0.1, -0.05) is 114 Å². The van der Waals surface area contributed by atoms with Gasteiger partial charge in [0.1, 0.15) is 11.5 Å². The SMILES string of the molecule is CCCCN1/C(=C/C2=C(O)C(/C=C3/N(CCCC)c4ccc5ccc(C)cc5c4C3(C)C)=C2O)C(C)(C)c2c1ccc1ccc(C)cc21. The summed E-state index contributed by atoms with van der Waals surface area (Å²) < 4.78 is 0. The Bertz CT molecular complexity index is 1940. The highest BCUT2D eigenvalue weighted by molar-refractivity contribution is 5.97. The zero-order chi connectivity index (χ0) is 34.1. The highest BCUT2D eigenvalue weighted by Crippen LogP contribution is 2.54. The Morgan fingerprint density at radius 3 is 1.33 bits per heavy atom. The number of allylic oxidation sites excluding steroid dienone is 4. The normalized spacial score (nSPS) is 19.7. The number of hydrogen-bond acceptors (Lipinski definition) is 4. The fraction of sp³-hybridized carbons (Fsp3) is 0.364. The van der Waals surface area contributed by atoms with Gasteiger partial charge in [0.2, 0.25) is 0 Å². The topological polar surface area (TPSA) is 46.9 Å². The van der Waals surface area contributed by atoms with Crippen molar-refractivity contribution in [3.63, 3.8) is 0 Å². The Hall–Kier alpha value is -4.44. The lowest BCUT2D eigenvalue weighted by molar-refractivity contribution is 0.354. The summed E-state index contributed by atoms with van der Waals surface area (Å²) in [6.07, 6.45) is 8.38. The van der Waals surface area contributed by atoms with Crippen molar-refractivity contribution in [2.75, 3.05) is 22.9 Å². The smallest absolute Gasteiger partial charge is 0.137 e. The van der Waals surface area contributed by atoms with Crippen LogP contribution in [0.3, 0.4) is 0 Å². The second-order valence-corrected chi connectivity index (χ2v) is 15.2. The van der Waals surface area contributed by atoms with Gasteiger partial charge >= 0.3 is 0 Å². The summed E-state index contributed by atoms with van der Waals surface area (Å²) in [7, 11) is 0. The maximum absolute atomic E-state index is 11.7. The van der Waals surface area contributed by atoms with E-state index in [4.69, 9.17) is 0 Å². The molecule has 2 N–H and O–H groups in total. The fourth-order valence-electron chi connectivity index (χ4n) is 8.43. The first-order valence-electron chi connectivity index (χ1n) is 17.8. The molecular formula is C44H50N2O2. The van der Waals surface area contributed by atoms with Gasteiger partial charge in [-0.3, -0.25) is 0 Å². The molecule has 0 saturated heterocycles. The van der Waals surface area contributed by atoms with Crippen LogP contribution in [-0.4, -0.2) is 23.3 Å². The zero-order valence-corrected chi connectivity index (χ0v) is 30.0. The van der Waals surface area contributed by atoms with Crippen LogP contribution in [0.2, 0.25) is 0 Å². The quantitative estimate of drug-likeness (QED) is 0.202. The molecule has 0 unspecified atom stereocenters. The molecule has 0 radical (unpaired) electrons. The number of hydrogen-bond donors (Lipinski definition) is 2. The molecule has 0 aromatic heterocycles. The minimum atomic E-state index is -0.316. The van der Waals surface area contributed by atoms with Gasteiger partial charge in [-0.25, -0.2) is 0 Å². The first-order chi connectivity index (χ1) is 22.9. The lowest BCUT2D eigenvalue weighted by atomic mass is 9.78. The van der Waals surface area contributed by atoms with Crippen molar-refractivity contribution in [3.8, 4) is 0 Å². The molecule has 0 bridgehead atoms. The van der Waals surface area contributed by atoms with E-state index in [0.717, 1.165) is 50.2 Å². The van der Waals surface area contributed by atoms with Crippen LogP contribution in [-0.2, 0) is 10.8 Å². The summed E-state index contributed by atoms with van der Waals surface area (Å²) >= 11 is 0. The van der Waals surface area contributed by atoms with Crippen LogP contribution in [0, 0.1) is 13.8 Å². The van der Waals surface area contributed by atoms with Gasteiger partial charge in [0, 0.05) is 46.7 Å². The summed E-state index contributed by atoms with van der Waals surface area (Å²) in [5, 5.41) is 28.4. The predicted molar refractivity (Wildman–Crippen MR) is 203 cm³/mol. The highest BCUT2D eigenvalue weighted by Gasteiger charge is 2.44. The van der Waals surface area contributed by atoms with E-state index in [1.165, 1.54) is 55.2 Å². The number of nitrogens with zero attached hydrogens (tertiary/aromatic N) is 2. The molecule has 4 aromatic carbocycles. The van der Waals surface area contributed by atoms with Crippen molar-refractivity contribution < 1.29 is 10.2 Å². The van der Waals surface area contributed by atoms with Crippen molar-refractivity contribution >= 4 is 32.9 Å². The van der Waals surface area contributed by atoms with Crippen molar-refractivity contribution in [1.82, 2.24) is 0 Å². The minimum absolute atomic E-state index is 0.165. The van der Waals surface area contributed by atoms with Crippen molar-refractivity contribution in [3.05, 3.63) is 129 Å². The molecule has 4 aromatic rings. The van der Waals surface area contributed by atoms with Crippen LogP contribution in [0.5, 0.6) is 0 Å². The second-order valence-electron chi connectivity index (χ2n) is 15.2. The van der Waals surface area contributed by atoms with E-state index in [2.05, 4.69) is 126 Å². The molecule has 0 atom stereocenters. The van der Waals surface area contributed by atoms with Crippen LogP contribution < -0.4 is 9.80 Å². The number of benzene rings is 4. The average molecular weight is 639 g/mol. The third-order valence-corrected chi connectivity index (χ3v) is 11.1. The van der Waals surface area contributed by atoms with Crippen LogP contribution in [0.1, 0.15) is 89.5 Å². The third kappa shape index (κ3) is 4.78. The average Bonchev–Trinajstić information content (AvgIpc) is 3.41. The molecule has 7 rings (SSSR count). The number of aliphatic hydroxyl groups is 2. The van der Waals surface area contributed by atoms with E-state index in [-0.39, 0.29) is 22.3 Å². The van der Waals surface area contributed by atoms with Gasteiger partial charge in [0.25, 0.3) is 0 Å². The fourth-order valence-corrected chi connectivity index (χ4v) is 8.43. The lowest BCUT2D eigenvalue weighted by Gasteiger charge is -2.31. The summed E-state index contributed by atoms with van der Waals surface area (Å²) in [5.41, 5.74) is 10.2. The van der Waals surface area contributed by atoms with Gasteiger partial charge in [0.15, 0.2) is 0 Å². The van der Waals surface area contributed by atoms with Crippen molar-refractivity contribution in [1.29, 1.82) is 0 Å². The van der Waals surface area contributed by atoms with Crippen LogP contribution in [0.4, 0.5) is 11.4 Å². The Morgan fingerprint density at radius 1 is 0.583 bits per heavy atom. The number of anilines is 2. The molecule has 1 aliphatic carbocycles. The lowest BCUT2D eigenvalue weighted by Crippen LogP contribution is -2.29. The van der Waals surface area contributed by atoms with Crippen LogP contribution in [0.15, 0.2) is 107 Å². The first kappa shape index (κ1) is 32.1. The van der Waals surface area contributed by atoms with Gasteiger partial charge in [-0.05, 0) is 83.6 Å². The minimum Gasteiger partial charge on any atom is -0.506 e. The number of fused-ring (bicyclic) bond motifs is 6. The standard InChI is InChI=1S/C44H50N2O2/c1-9-11-21-45-35-19-17-29-15-13-27(3)23-31(29)39(35)43(5,6)37(45)25-33-41(47)34(42(33)48)26-38-44(7,8)40-32-24-28(4)14-16-30(32)18-20-36(40)46(38)22-12-10-2/h13-20,23-26,47-48H,9-12,21-22H2,1-8H3/b37-25+,38-26+. The number of unbranched alkanes of at least 4 members (excludes halogenated alkanes) is 2. The van der Waals surface area contributed by atoms with E-state index in [0.29, 0.717) is 11.1 Å². The maximum Gasteiger partial charge on any atom is 0.137 e. The number of rotatable bonds is 8. The maximum atomic E-state index is 11.7. The van der Waals surface area contributed by atoms with E-state index in [1.54, 1.807) is 0 Å². The molecule has 0 amide bonds. The second kappa shape index (κ2) is 11.6. The number of aliphatic hydroxyl groups excluding tert-OH is 2. The summed E-state index contributed by atoms with van der Waals surface area (Å²) in [5.74, 6) is 0.330. The van der Waals surface area contributed by atoms with Gasteiger partial charge < -0.3 is 20.0 Å². The number of aryl methyl sites for hydroxylation is 2. The molecule has 0 fully saturated rings. The van der Waals surface area contributed by atoms with Gasteiger partial charge in [-0.2, -0.15) is 0 Å². The molecular weight excluding hydrogens is 588 g/mol. The molecule has 248 valence electrons. The predicted octanol–water partition coefficient (Wildman–Crippen LogP) is 11.5. The Kier molecular flexibility index (Phi) is 7.77. The van der Waals surface area contributed by atoms with E-state index in [1.807, 2.05) is 12.2 Å². The Morgan fingerprint density at radius 2 is 0.958 bits per heavy atom. The molecule has 4 nitrogen and oxygen atoms in total. The Balaban J connectivity index is 1.32. The molecule has 4 heteroatoms. The van der Waals surface area contributed by atoms with Crippen molar-refractivity contribution in [2.24, 2.45) is 0 Å². The zero-order valence-electron chi connectivity index (χ0n) is 30.0. The van der Waals surface area contributed by atoms with E-state index >= 15 is 0 Å². The summed E-state index contributed by atoms with van der Waals surface area (Å²) in [6, 6.07) is 22.3. The molecule has 0 spiro atoms. The molecule has 2 heterocycles. The Labute approximate surface area is 286 Å². The van der Waals surface area contributed by atoms with Crippen molar-refractivity contribution in [2.45, 2.75) is 91.9 Å². The molecule has 2 aliphatic heterocycles. The first-order valence-corrected chi connectivity index (χ1v) is 17.8. The monoisotopic (exact) mass is 638 g/mol. The summed E-state index contributed by atoms with van der Waals surface area (Å²) in [4.78, 5) is 4.84. The highest BCUT2D eigenvalue weighted by atomic mass is 16.3. The largest absolute Gasteiger partial charge is 0.506 e. The molecule has 48 heavy (non-hydrogen) atoms. The summed E-state index contributed by atoms with van der Waals surface area (Å²) in [6.45, 7) is 19.6.